The Balaban J connectivity index is 1.75. The van der Waals surface area contributed by atoms with Crippen LogP contribution in [0.2, 0.25) is 0 Å². The average molecular weight is 417 g/mol. The Hall–Kier alpha value is -3.80. The summed E-state index contributed by atoms with van der Waals surface area (Å²) in [6.07, 6.45) is -4.42. The van der Waals surface area contributed by atoms with Gasteiger partial charge in [-0.05, 0) is 25.1 Å². The van der Waals surface area contributed by atoms with Gasteiger partial charge in [0.15, 0.2) is 0 Å². The second-order valence-electron chi connectivity index (χ2n) is 7.42. The van der Waals surface area contributed by atoms with E-state index in [0.29, 0.717) is 22.8 Å². The number of rotatable bonds is 3. The van der Waals surface area contributed by atoms with Gasteiger partial charge in [0.05, 0.1) is 17.0 Å². The molecule has 2 aromatic heterocycles. The van der Waals surface area contributed by atoms with E-state index in [2.05, 4.69) is 9.97 Å². The second-order valence-corrected chi connectivity index (χ2v) is 7.42. The third kappa shape index (κ3) is 3.40. The van der Waals surface area contributed by atoms with Crippen molar-refractivity contribution in [3.05, 3.63) is 90.1 Å². The smallest absolute Gasteiger partial charge is 0.358 e. The Labute approximate surface area is 176 Å². The second kappa shape index (κ2) is 7.16. The Morgan fingerprint density at radius 1 is 0.774 bits per heavy atom. The van der Waals surface area contributed by atoms with Crippen LogP contribution in [-0.2, 0) is 6.18 Å². The van der Waals surface area contributed by atoms with E-state index in [4.69, 9.17) is 4.98 Å². The zero-order valence-corrected chi connectivity index (χ0v) is 16.6. The third-order valence-electron chi connectivity index (χ3n) is 5.36. The maximum absolute atomic E-state index is 13.3. The Bertz CT molecular complexity index is 1380. The molecule has 5 rings (SSSR count). The van der Waals surface area contributed by atoms with E-state index < -0.39 is 11.7 Å². The molecule has 0 aliphatic carbocycles. The van der Waals surface area contributed by atoms with Crippen molar-refractivity contribution in [3.63, 3.8) is 0 Å². The van der Waals surface area contributed by atoms with Gasteiger partial charge in [-0.1, -0.05) is 60.7 Å². The number of benzene rings is 3. The highest BCUT2D eigenvalue weighted by Gasteiger charge is 2.31. The van der Waals surface area contributed by atoms with Gasteiger partial charge in [-0.2, -0.15) is 13.2 Å². The molecule has 3 nitrogen and oxygen atoms in total. The Morgan fingerprint density at radius 3 is 2.26 bits per heavy atom. The molecule has 0 saturated carbocycles. The molecule has 0 spiro atoms. The molecule has 3 aromatic carbocycles. The van der Waals surface area contributed by atoms with Crippen LogP contribution >= 0.6 is 0 Å². The molecular formula is C25H18F3N3. The highest BCUT2D eigenvalue weighted by Crippen LogP contribution is 2.38. The lowest BCUT2D eigenvalue weighted by Gasteiger charge is -2.09. The molecule has 154 valence electrons. The summed E-state index contributed by atoms with van der Waals surface area (Å²) in [6, 6.07) is 22.7. The minimum atomic E-state index is -4.42. The number of hydrogen-bond acceptors (Lipinski definition) is 1. The fraction of sp³-hybridized carbons (Fsp3) is 0.0800. The molecule has 31 heavy (non-hydrogen) atoms. The van der Waals surface area contributed by atoms with Crippen LogP contribution in [-0.4, -0.2) is 15.0 Å². The predicted octanol–water partition coefficient (Wildman–Crippen LogP) is 7.22. The van der Waals surface area contributed by atoms with Crippen molar-refractivity contribution in [3.8, 4) is 33.9 Å². The number of alkyl halides is 3. The summed E-state index contributed by atoms with van der Waals surface area (Å²) in [4.78, 5) is 11.5. The van der Waals surface area contributed by atoms with Gasteiger partial charge in [-0.3, -0.25) is 0 Å². The number of nitrogens with one attached hydrogen (secondary N) is 2. The van der Waals surface area contributed by atoms with Gasteiger partial charge in [0.1, 0.15) is 5.82 Å². The number of hydrogen-bond donors (Lipinski definition) is 2. The normalized spacial score (nSPS) is 11.9. The number of aromatic nitrogens is 3. The van der Waals surface area contributed by atoms with Crippen LogP contribution in [0.4, 0.5) is 13.2 Å². The van der Waals surface area contributed by atoms with Gasteiger partial charge in [0.25, 0.3) is 0 Å². The first kappa shape index (κ1) is 19.2. The van der Waals surface area contributed by atoms with Gasteiger partial charge in [0, 0.05) is 33.3 Å². The first-order chi connectivity index (χ1) is 14.9. The number of imidazole rings is 1. The van der Waals surface area contributed by atoms with E-state index in [1.807, 2.05) is 61.5 Å². The van der Waals surface area contributed by atoms with Crippen LogP contribution in [0.1, 0.15) is 11.3 Å². The van der Waals surface area contributed by atoms with Gasteiger partial charge in [-0.15, -0.1) is 0 Å². The van der Waals surface area contributed by atoms with Crippen molar-refractivity contribution in [2.75, 3.05) is 0 Å². The summed E-state index contributed by atoms with van der Waals surface area (Å²) in [6.45, 7) is 1.96. The summed E-state index contributed by atoms with van der Waals surface area (Å²) in [7, 11) is 0. The molecule has 0 saturated heterocycles. The zero-order chi connectivity index (χ0) is 21.6. The molecule has 0 unspecified atom stereocenters. The molecule has 0 amide bonds. The van der Waals surface area contributed by atoms with Crippen molar-refractivity contribution in [1.82, 2.24) is 15.0 Å². The van der Waals surface area contributed by atoms with Gasteiger partial charge in [0.2, 0.25) is 0 Å². The van der Waals surface area contributed by atoms with Crippen LogP contribution in [0.25, 0.3) is 44.8 Å². The number of nitrogens with zero attached hydrogens (tertiary/aromatic N) is 1. The van der Waals surface area contributed by atoms with E-state index >= 15 is 0 Å². The molecular weight excluding hydrogens is 399 g/mol. The number of halogens is 3. The minimum absolute atomic E-state index is 0.435. The lowest BCUT2D eigenvalue weighted by atomic mass is 10.0. The Morgan fingerprint density at radius 2 is 1.48 bits per heavy atom. The largest absolute Gasteiger partial charge is 0.416 e. The molecule has 2 N–H and O–H groups in total. The summed E-state index contributed by atoms with van der Waals surface area (Å²) in [5, 5.41) is 1.00. The first-order valence-electron chi connectivity index (χ1n) is 9.82. The fourth-order valence-corrected chi connectivity index (χ4v) is 3.94. The van der Waals surface area contributed by atoms with E-state index in [-0.39, 0.29) is 0 Å². The van der Waals surface area contributed by atoms with E-state index in [1.165, 1.54) is 6.07 Å². The summed E-state index contributed by atoms with van der Waals surface area (Å²) in [5.41, 5.74) is 4.56. The fourth-order valence-electron chi connectivity index (χ4n) is 3.94. The van der Waals surface area contributed by atoms with E-state index in [1.54, 1.807) is 6.07 Å². The van der Waals surface area contributed by atoms with Crippen molar-refractivity contribution < 1.29 is 13.2 Å². The summed E-state index contributed by atoms with van der Waals surface area (Å²) < 4.78 is 40.0. The van der Waals surface area contributed by atoms with Gasteiger partial charge in [-0.25, -0.2) is 4.98 Å². The molecule has 5 aromatic rings. The lowest BCUT2D eigenvalue weighted by Crippen LogP contribution is -2.04. The Kier molecular flexibility index (Phi) is 4.43. The van der Waals surface area contributed by atoms with E-state index in [0.717, 1.165) is 39.9 Å². The highest BCUT2D eigenvalue weighted by molar-refractivity contribution is 5.97. The van der Waals surface area contributed by atoms with Crippen LogP contribution in [0, 0.1) is 6.92 Å². The molecule has 0 aliphatic rings. The van der Waals surface area contributed by atoms with E-state index in [9.17, 15) is 13.2 Å². The lowest BCUT2D eigenvalue weighted by molar-refractivity contribution is -0.137. The molecule has 0 radical (unpaired) electrons. The first-order valence-corrected chi connectivity index (χ1v) is 9.82. The average Bonchev–Trinajstić information content (AvgIpc) is 3.34. The standard InChI is InChI=1S/C25H18F3N3/c1-15-21(19-12-5-6-13-20(19)29-15)24-30-22(16-8-3-2-4-9-16)23(31-24)17-10-7-11-18(14-17)25(26,27)28/h2-14,29H,1H3,(H,30,31). The monoisotopic (exact) mass is 417 g/mol. The van der Waals surface area contributed by atoms with Gasteiger partial charge < -0.3 is 9.97 Å². The maximum atomic E-state index is 13.3. The highest BCUT2D eigenvalue weighted by atomic mass is 19.4. The molecule has 6 heteroatoms. The zero-order valence-electron chi connectivity index (χ0n) is 16.6. The molecule has 0 fully saturated rings. The molecule has 0 aliphatic heterocycles. The molecule has 2 heterocycles. The predicted molar refractivity (Wildman–Crippen MR) is 116 cm³/mol. The summed E-state index contributed by atoms with van der Waals surface area (Å²) in [5.74, 6) is 0.612. The van der Waals surface area contributed by atoms with Crippen LogP contribution in [0.5, 0.6) is 0 Å². The molecule has 0 atom stereocenters. The number of aryl methyl sites for hydroxylation is 1. The van der Waals surface area contributed by atoms with Gasteiger partial charge >= 0.3 is 6.18 Å². The molecule has 0 bridgehead atoms. The topological polar surface area (TPSA) is 44.5 Å². The SMILES string of the molecule is Cc1[nH]c2ccccc2c1-c1nc(-c2ccccc2)c(-c2cccc(C(F)(F)F)c2)[nH]1. The third-order valence-corrected chi connectivity index (χ3v) is 5.36. The number of para-hydroxylation sites is 1. The minimum Gasteiger partial charge on any atom is -0.358 e. The summed E-state index contributed by atoms with van der Waals surface area (Å²) >= 11 is 0. The van der Waals surface area contributed by atoms with Crippen molar-refractivity contribution in [1.29, 1.82) is 0 Å². The quantitative estimate of drug-likeness (QED) is 0.320. The number of H-pyrrole nitrogens is 2. The van der Waals surface area contributed by atoms with Crippen LogP contribution in [0.15, 0.2) is 78.9 Å². The van der Waals surface area contributed by atoms with Crippen molar-refractivity contribution >= 4 is 10.9 Å². The maximum Gasteiger partial charge on any atom is 0.416 e. The van der Waals surface area contributed by atoms with Crippen molar-refractivity contribution in [2.24, 2.45) is 0 Å². The van der Waals surface area contributed by atoms with Crippen molar-refractivity contribution in [2.45, 2.75) is 13.1 Å². The van der Waals surface area contributed by atoms with Crippen LogP contribution < -0.4 is 0 Å². The van der Waals surface area contributed by atoms with Crippen LogP contribution in [0.3, 0.4) is 0 Å². The number of aromatic amines is 2. The number of fused-ring (bicyclic) bond motifs is 1.